The van der Waals surface area contributed by atoms with Crippen LogP contribution in [0.5, 0.6) is 11.5 Å². The van der Waals surface area contributed by atoms with Gasteiger partial charge in [-0.1, -0.05) is 0 Å². The predicted octanol–water partition coefficient (Wildman–Crippen LogP) is 1.65. The number of ether oxygens (including phenoxy) is 2. The third-order valence-corrected chi connectivity index (χ3v) is 3.73. The van der Waals surface area contributed by atoms with Crippen molar-refractivity contribution < 1.29 is 19.1 Å². The van der Waals surface area contributed by atoms with Crippen LogP contribution in [-0.2, 0) is 4.79 Å². The number of ketones is 1. The summed E-state index contributed by atoms with van der Waals surface area (Å²) in [6, 6.07) is 3.27. The SMILES string of the molecule is CC(=O)c1cc2c(cc1NC(=O)CN1CCCC1)OCO2. The van der Waals surface area contributed by atoms with Gasteiger partial charge in [0, 0.05) is 11.6 Å². The number of carbonyl (C=O) groups is 2. The third kappa shape index (κ3) is 3.00. The second kappa shape index (κ2) is 5.73. The summed E-state index contributed by atoms with van der Waals surface area (Å²) in [4.78, 5) is 25.9. The average Bonchev–Trinajstić information content (AvgIpc) is 3.07. The molecular formula is C15H18N2O4. The summed E-state index contributed by atoms with van der Waals surface area (Å²) in [6.07, 6.45) is 2.27. The Labute approximate surface area is 123 Å². The molecule has 0 atom stereocenters. The summed E-state index contributed by atoms with van der Waals surface area (Å²) >= 11 is 0. The Bertz CT molecular complexity index is 579. The molecule has 0 aliphatic carbocycles. The van der Waals surface area contributed by atoms with E-state index in [1.165, 1.54) is 6.92 Å². The lowest BCUT2D eigenvalue weighted by Crippen LogP contribution is -2.31. The summed E-state index contributed by atoms with van der Waals surface area (Å²) in [7, 11) is 0. The molecule has 2 heterocycles. The molecule has 112 valence electrons. The zero-order chi connectivity index (χ0) is 14.8. The Hall–Kier alpha value is -2.08. The molecule has 1 aromatic rings. The Morgan fingerprint density at radius 1 is 1.19 bits per heavy atom. The number of likely N-dealkylation sites (tertiary alicyclic amines) is 1. The molecule has 21 heavy (non-hydrogen) atoms. The van der Waals surface area contributed by atoms with E-state index in [1.54, 1.807) is 12.1 Å². The molecule has 0 radical (unpaired) electrons. The van der Waals surface area contributed by atoms with Crippen molar-refractivity contribution in [2.45, 2.75) is 19.8 Å². The maximum Gasteiger partial charge on any atom is 0.238 e. The number of Topliss-reactive ketones (excluding diaryl/α,β-unsaturated/α-hetero) is 1. The Kier molecular flexibility index (Phi) is 3.79. The smallest absolute Gasteiger partial charge is 0.238 e. The fraction of sp³-hybridized carbons (Fsp3) is 0.467. The molecule has 0 bridgehead atoms. The number of amides is 1. The molecule has 2 aliphatic heterocycles. The van der Waals surface area contributed by atoms with Gasteiger partial charge in [0.05, 0.1) is 12.2 Å². The van der Waals surface area contributed by atoms with Crippen LogP contribution in [0.1, 0.15) is 30.1 Å². The molecular weight excluding hydrogens is 272 g/mol. The van der Waals surface area contributed by atoms with Crippen LogP contribution in [0, 0.1) is 0 Å². The van der Waals surface area contributed by atoms with E-state index in [0.717, 1.165) is 25.9 Å². The summed E-state index contributed by atoms with van der Waals surface area (Å²) in [6.45, 7) is 3.86. The van der Waals surface area contributed by atoms with E-state index in [-0.39, 0.29) is 18.5 Å². The molecule has 1 aromatic carbocycles. The molecule has 0 aromatic heterocycles. The van der Waals surface area contributed by atoms with E-state index in [1.807, 2.05) is 0 Å². The fourth-order valence-corrected chi connectivity index (χ4v) is 2.67. The van der Waals surface area contributed by atoms with Crippen LogP contribution in [-0.4, -0.2) is 43.0 Å². The molecule has 0 saturated carbocycles. The van der Waals surface area contributed by atoms with Crippen LogP contribution < -0.4 is 14.8 Å². The number of anilines is 1. The highest BCUT2D eigenvalue weighted by Gasteiger charge is 2.21. The summed E-state index contributed by atoms with van der Waals surface area (Å²) in [5.74, 6) is 0.859. The van der Waals surface area contributed by atoms with E-state index in [2.05, 4.69) is 10.2 Å². The van der Waals surface area contributed by atoms with Crippen molar-refractivity contribution in [3.8, 4) is 11.5 Å². The predicted molar refractivity (Wildman–Crippen MR) is 76.9 cm³/mol. The quantitative estimate of drug-likeness (QED) is 0.854. The first-order valence-corrected chi connectivity index (χ1v) is 7.10. The molecule has 1 N–H and O–H groups in total. The van der Waals surface area contributed by atoms with Crippen molar-refractivity contribution in [3.05, 3.63) is 17.7 Å². The first kappa shape index (κ1) is 13.9. The average molecular weight is 290 g/mol. The molecule has 2 aliphatic rings. The van der Waals surface area contributed by atoms with Crippen molar-refractivity contribution in [3.63, 3.8) is 0 Å². The highest BCUT2D eigenvalue weighted by Crippen LogP contribution is 2.37. The number of carbonyl (C=O) groups excluding carboxylic acids is 2. The number of hydrogen-bond acceptors (Lipinski definition) is 5. The molecule has 6 nitrogen and oxygen atoms in total. The minimum absolute atomic E-state index is 0.113. The Morgan fingerprint density at radius 2 is 1.86 bits per heavy atom. The van der Waals surface area contributed by atoms with Gasteiger partial charge < -0.3 is 14.8 Å². The van der Waals surface area contributed by atoms with Crippen molar-refractivity contribution in [2.24, 2.45) is 0 Å². The van der Waals surface area contributed by atoms with Gasteiger partial charge in [0.25, 0.3) is 0 Å². The van der Waals surface area contributed by atoms with Gasteiger partial charge in [0.15, 0.2) is 17.3 Å². The van der Waals surface area contributed by atoms with E-state index >= 15 is 0 Å². The molecule has 3 rings (SSSR count). The van der Waals surface area contributed by atoms with Crippen LogP contribution in [0.2, 0.25) is 0 Å². The van der Waals surface area contributed by atoms with Gasteiger partial charge in [-0.05, 0) is 38.9 Å². The van der Waals surface area contributed by atoms with Gasteiger partial charge in [0.2, 0.25) is 12.7 Å². The number of nitrogens with one attached hydrogen (secondary N) is 1. The number of nitrogens with zero attached hydrogens (tertiary/aromatic N) is 1. The summed E-state index contributed by atoms with van der Waals surface area (Å²) < 4.78 is 10.6. The van der Waals surface area contributed by atoms with Crippen molar-refractivity contribution in [1.82, 2.24) is 4.90 Å². The molecule has 1 saturated heterocycles. The topological polar surface area (TPSA) is 67.9 Å². The molecule has 0 unspecified atom stereocenters. The highest BCUT2D eigenvalue weighted by atomic mass is 16.7. The number of rotatable bonds is 4. The van der Waals surface area contributed by atoms with Crippen molar-refractivity contribution in [2.75, 3.05) is 31.7 Å². The Balaban J connectivity index is 1.77. The lowest BCUT2D eigenvalue weighted by atomic mass is 10.1. The van der Waals surface area contributed by atoms with Gasteiger partial charge in [-0.3, -0.25) is 14.5 Å². The third-order valence-electron chi connectivity index (χ3n) is 3.73. The van der Waals surface area contributed by atoms with Crippen LogP contribution in [0.25, 0.3) is 0 Å². The van der Waals surface area contributed by atoms with Crippen LogP contribution >= 0.6 is 0 Å². The standard InChI is InChI=1S/C15H18N2O4/c1-10(18)11-6-13-14(21-9-20-13)7-12(11)16-15(19)8-17-4-2-3-5-17/h6-7H,2-5,8-9H2,1H3,(H,16,19). The highest BCUT2D eigenvalue weighted by molar-refractivity contribution is 6.05. The first-order valence-electron chi connectivity index (χ1n) is 7.10. The second-order valence-electron chi connectivity index (χ2n) is 5.34. The zero-order valence-electron chi connectivity index (χ0n) is 12.0. The molecule has 1 fully saturated rings. The van der Waals surface area contributed by atoms with E-state index in [0.29, 0.717) is 29.3 Å². The van der Waals surface area contributed by atoms with Crippen molar-refractivity contribution in [1.29, 1.82) is 0 Å². The monoisotopic (exact) mass is 290 g/mol. The second-order valence-corrected chi connectivity index (χ2v) is 5.34. The minimum atomic E-state index is -0.121. The van der Waals surface area contributed by atoms with Crippen LogP contribution in [0.15, 0.2) is 12.1 Å². The minimum Gasteiger partial charge on any atom is -0.454 e. The van der Waals surface area contributed by atoms with E-state index in [9.17, 15) is 9.59 Å². The largest absolute Gasteiger partial charge is 0.454 e. The molecule has 1 amide bonds. The van der Waals surface area contributed by atoms with E-state index < -0.39 is 0 Å². The normalized spacial score (nSPS) is 17.0. The van der Waals surface area contributed by atoms with Crippen LogP contribution in [0.3, 0.4) is 0 Å². The van der Waals surface area contributed by atoms with Gasteiger partial charge in [-0.25, -0.2) is 0 Å². The van der Waals surface area contributed by atoms with Gasteiger partial charge in [0.1, 0.15) is 0 Å². The Morgan fingerprint density at radius 3 is 2.52 bits per heavy atom. The fourth-order valence-electron chi connectivity index (χ4n) is 2.67. The zero-order valence-corrected chi connectivity index (χ0v) is 12.0. The summed E-state index contributed by atoms with van der Waals surface area (Å²) in [5, 5.41) is 2.81. The van der Waals surface area contributed by atoms with Gasteiger partial charge in [-0.2, -0.15) is 0 Å². The maximum atomic E-state index is 12.1. The van der Waals surface area contributed by atoms with Crippen LogP contribution in [0.4, 0.5) is 5.69 Å². The van der Waals surface area contributed by atoms with Gasteiger partial charge in [-0.15, -0.1) is 0 Å². The summed E-state index contributed by atoms with van der Waals surface area (Å²) in [5.41, 5.74) is 0.921. The lowest BCUT2D eigenvalue weighted by molar-refractivity contribution is -0.117. The molecule has 0 spiro atoms. The number of benzene rings is 1. The van der Waals surface area contributed by atoms with E-state index in [4.69, 9.17) is 9.47 Å². The van der Waals surface area contributed by atoms with Gasteiger partial charge >= 0.3 is 0 Å². The number of hydrogen-bond donors (Lipinski definition) is 1. The maximum absolute atomic E-state index is 12.1. The number of fused-ring (bicyclic) bond motifs is 1. The lowest BCUT2D eigenvalue weighted by Gasteiger charge is -2.15. The molecule has 6 heteroatoms. The van der Waals surface area contributed by atoms with Crippen molar-refractivity contribution >= 4 is 17.4 Å². The first-order chi connectivity index (χ1) is 10.1.